The summed E-state index contributed by atoms with van der Waals surface area (Å²) in [5.74, 6) is 0.000166. The van der Waals surface area contributed by atoms with E-state index in [9.17, 15) is 4.79 Å². The van der Waals surface area contributed by atoms with Crippen molar-refractivity contribution in [2.24, 2.45) is 0 Å². The van der Waals surface area contributed by atoms with Crippen LogP contribution in [0.15, 0.2) is 29.8 Å². The molecule has 0 aliphatic carbocycles. The number of nitrogens with zero attached hydrogens (tertiary/aromatic N) is 2. The van der Waals surface area contributed by atoms with E-state index in [-0.39, 0.29) is 11.9 Å². The van der Waals surface area contributed by atoms with Gasteiger partial charge in [-0.05, 0) is 26.0 Å². The maximum Gasteiger partial charge on any atom is 0.234 e. The molecule has 0 fully saturated rings. The Morgan fingerprint density at radius 1 is 1.40 bits per heavy atom. The fourth-order valence-corrected chi connectivity index (χ4v) is 2.47. The van der Waals surface area contributed by atoms with Gasteiger partial charge in [-0.15, -0.1) is 11.3 Å². The number of rotatable bonds is 6. The van der Waals surface area contributed by atoms with Gasteiger partial charge >= 0.3 is 0 Å². The lowest BCUT2D eigenvalue weighted by Gasteiger charge is -2.08. The van der Waals surface area contributed by atoms with Crippen LogP contribution in [0.2, 0.25) is 0 Å². The van der Waals surface area contributed by atoms with Crippen LogP contribution in [0.4, 0.5) is 0 Å². The highest BCUT2D eigenvalue weighted by Crippen LogP contribution is 2.20. The third-order valence-electron chi connectivity index (χ3n) is 2.48. The van der Waals surface area contributed by atoms with Crippen LogP contribution in [0.25, 0.3) is 10.7 Å². The van der Waals surface area contributed by atoms with Gasteiger partial charge in [0.25, 0.3) is 0 Å². The van der Waals surface area contributed by atoms with Crippen molar-refractivity contribution in [1.82, 2.24) is 20.6 Å². The van der Waals surface area contributed by atoms with Gasteiger partial charge in [-0.1, -0.05) is 6.07 Å². The third-order valence-corrected chi connectivity index (χ3v) is 3.39. The summed E-state index contributed by atoms with van der Waals surface area (Å²) < 4.78 is 0. The standard InChI is InChI=1S/C14H18N4OS/c1-10(2)17-13(19)8-15-7-11-9-20-14(18-11)12-5-3-4-6-16-12/h3-6,9-10,15H,7-8H2,1-2H3,(H,17,19). The molecule has 2 aromatic rings. The quantitative estimate of drug-likeness (QED) is 0.851. The van der Waals surface area contributed by atoms with E-state index in [2.05, 4.69) is 20.6 Å². The second-order valence-electron chi connectivity index (χ2n) is 4.68. The molecule has 0 atom stereocenters. The first-order chi connectivity index (χ1) is 9.65. The maximum absolute atomic E-state index is 11.5. The Morgan fingerprint density at radius 3 is 2.95 bits per heavy atom. The second-order valence-corrected chi connectivity index (χ2v) is 5.54. The molecule has 0 saturated heterocycles. The van der Waals surface area contributed by atoms with Crippen molar-refractivity contribution in [3.63, 3.8) is 0 Å². The Bertz CT molecular complexity index is 553. The maximum atomic E-state index is 11.5. The largest absolute Gasteiger partial charge is 0.353 e. The van der Waals surface area contributed by atoms with Crippen molar-refractivity contribution in [3.05, 3.63) is 35.5 Å². The SMILES string of the molecule is CC(C)NC(=O)CNCc1csc(-c2ccccn2)n1. The molecule has 2 heterocycles. The minimum absolute atomic E-state index is 0.000166. The fraction of sp³-hybridized carbons (Fsp3) is 0.357. The van der Waals surface area contributed by atoms with Crippen LogP contribution in [0, 0.1) is 0 Å². The summed E-state index contributed by atoms with van der Waals surface area (Å²) in [6.45, 7) is 4.76. The van der Waals surface area contributed by atoms with Crippen molar-refractivity contribution in [3.8, 4) is 10.7 Å². The van der Waals surface area contributed by atoms with E-state index < -0.39 is 0 Å². The number of pyridine rings is 1. The number of carbonyl (C=O) groups excluding carboxylic acids is 1. The number of carbonyl (C=O) groups is 1. The molecule has 0 aromatic carbocycles. The first-order valence-electron chi connectivity index (χ1n) is 6.51. The van der Waals surface area contributed by atoms with E-state index >= 15 is 0 Å². The molecule has 1 amide bonds. The zero-order valence-electron chi connectivity index (χ0n) is 11.6. The molecule has 106 valence electrons. The monoisotopic (exact) mass is 290 g/mol. The predicted octanol–water partition coefficient (Wildman–Crippen LogP) is 1.82. The van der Waals surface area contributed by atoms with Gasteiger partial charge in [-0.3, -0.25) is 9.78 Å². The van der Waals surface area contributed by atoms with Crippen molar-refractivity contribution in [2.75, 3.05) is 6.54 Å². The molecular formula is C14H18N4OS. The third kappa shape index (κ3) is 4.40. The van der Waals surface area contributed by atoms with E-state index in [4.69, 9.17) is 0 Å². The molecule has 6 heteroatoms. The second kappa shape index (κ2) is 7.12. The zero-order chi connectivity index (χ0) is 14.4. The zero-order valence-corrected chi connectivity index (χ0v) is 12.4. The minimum Gasteiger partial charge on any atom is -0.353 e. The Kier molecular flexibility index (Phi) is 5.20. The summed E-state index contributed by atoms with van der Waals surface area (Å²) in [6.07, 6.45) is 1.75. The highest BCUT2D eigenvalue weighted by Gasteiger charge is 2.06. The molecule has 0 bridgehead atoms. The number of thiazole rings is 1. The first kappa shape index (κ1) is 14.6. The Balaban J connectivity index is 1.83. The molecule has 0 aliphatic rings. The van der Waals surface area contributed by atoms with Crippen LogP contribution in [-0.2, 0) is 11.3 Å². The normalized spacial score (nSPS) is 10.8. The molecule has 0 aliphatic heterocycles. The summed E-state index contributed by atoms with van der Waals surface area (Å²) in [7, 11) is 0. The van der Waals surface area contributed by atoms with Gasteiger partial charge in [0, 0.05) is 24.2 Å². The van der Waals surface area contributed by atoms with Crippen LogP contribution in [0.5, 0.6) is 0 Å². The predicted molar refractivity (Wildman–Crippen MR) is 80.3 cm³/mol. The summed E-state index contributed by atoms with van der Waals surface area (Å²) in [5, 5.41) is 8.79. The van der Waals surface area contributed by atoms with E-state index in [0.29, 0.717) is 13.1 Å². The summed E-state index contributed by atoms with van der Waals surface area (Å²) in [5.41, 5.74) is 1.80. The molecular weight excluding hydrogens is 272 g/mol. The molecule has 5 nitrogen and oxygen atoms in total. The molecule has 2 rings (SSSR count). The molecule has 2 aromatic heterocycles. The van der Waals surface area contributed by atoms with Gasteiger partial charge in [-0.25, -0.2) is 4.98 Å². The molecule has 0 saturated carbocycles. The van der Waals surface area contributed by atoms with Gasteiger partial charge in [0.2, 0.25) is 5.91 Å². The van der Waals surface area contributed by atoms with Crippen LogP contribution in [0.3, 0.4) is 0 Å². The van der Waals surface area contributed by atoms with Crippen LogP contribution in [-0.4, -0.2) is 28.5 Å². The van der Waals surface area contributed by atoms with E-state index in [1.54, 1.807) is 17.5 Å². The summed E-state index contributed by atoms with van der Waals surface area (Å²) in [6, 6.07) is 5.93. The van der Waals surface area contributed by atoms with Gasteiger partial charge in [0.05, 0.1) is 17.9 Å². The molecule has 0 radical (unpaired) electrons. The van der Waals surface area contributed by atoms with Crippen molar-refractivity contribution >= 4 is 17.2 Å². The van der Waals surface area contributed by atoms with Gasteiger partial charge in [0.1, 0.15) is 5.01 Å². The molecule has 0 unspecified atom stereocenters. The van der Waals surface area contributed by atoms with Gasteiger partial charge in [-0.2, -0.15) is 0 Å². The van der Waals surface area contributed by atoms with E-state index in [0.717, 1.165) is 16.4 Å². The van der Waals surface area contributed by atoms with Crippen LogP contribution >= 0.6 is 11.3 Å². The number of amides is 1. The minimum atomic E-state index is 0.000166. The van der Waals surface area contributed by atoms with Crippen molar-refractivity contribution in [2.45, 2.75) is 26.4 Å². The average Bonchev–Trinajstić information content (AvgIpc) is 2.88. The van der Waals surface area contributed by atoms with Crippen LogP contribution in [0.1, 0.15) is 19.5 Å². The number of hydrogen-bond acceptors (Lipinski definition) is 5. The molecule has 0 spiro atoms. The highest BCUT2D eigenvalue weighted by molar-refractivity contribution is 7.13. The Morgan fingerprint density at radius 2 is 2.25 bits per heavy atom. The lowest BCUT2D eigenvalue weighted by Crippen LogP contribution is -2.37. The van der Waals surface area contributed by atoms with E-state index in [1.165, 1.54) is 0 Å². The Labute approximate surface area is 122 Å². The molecule has 2 N–H and O–H groups in total. The van der Waals surface area contributed by atoms with Crippen molar-refractivity contribution < 1.29 is 4.79 Å². The highest BCUT2D eigenvalue weighted by atomic mass is 32.1. The van der Waals surface area contributed by atoms with Crippen molar-refractivity contribution in [1.29, 1.82) is 0 Å². The first-order valence-corrected chi connectivity index (χ1v) is 7.39. The smallest absolute Gasteiger partial charge is 0.234 e. The van der Waals surface area contributed by atoms with Gasteiger partial charge in [0.15, 0.2) is 0 Å². The lowest BCUT2D eigenvalue weighted by atomic mass is 10.3. The van der Waals surface area contributed by atoms with Gasteiger partial charge < -0.3 is 10.6 Å². The fourth-order valence-electron chi connectivity index (χ4n) is 1.67. The number of aromatic nitrogens is 2. The number of nitrogens with one attached hydrogen (secondary N) is 2. The summed E-state index contributed by atoms with van der Waals surface area (Å²) >= 11 is 1.56. The topological polar surface area (TPSA) is 66.9 Å². The van der Waals surface area contributed by atoms with Crippen LogP contribution < -0.4 is 10.6 Å². The molecule has 20 heavy (non-hydrogen) atoms. The number of hydrogen-bond donors (Lipinski definition) is 2. The lowest BCUT2D eigenvalue weighted by molar-refractivity contribution is -0.120. The Hall–Kier alpha value is -1.79. The average molecular weight is 290 g/mol. The van der Waals surface area contributed by atoms with E-state index in [1.807, 2.05) is 37.4 Å². The summed E-state index contributed by atoms with van der Waals surface area (Å²) in [4.78, 5) is 20.2.